The highest BCUT2D eigenvalue weighted by molar-refractivity contribution is 4.89. The first-order valence-electron chi connectivity index (χ1n) is 8.55. The Morgan fingerprint density at radius 1 is 1.05 bits per heavy atom. The van der Waals surface area contributed by atoms with Gasteiger partial charge in [0.05, 0.1) is 0 Å². The lowest BCUT2D eigenvalue weighted by molar-refractivity contribution is 0.0534. The van der Waals surface area contributed by atoms with Crippen molar-refractivity contribution in [2.75, 3.05) is 19.6 Å². The molecule has 0 aromatic rings. The van der Waals surface area contributed by atoms with Crippen LogP contribution in [0.4, 0.5) is 0 Å². The van der Waals surface area contributed by atoms with Crippen LogP contribution in [0.25, 0.3) is 0 Å². The van der Waals surface area contributed by atoms with E-state index in [1.54, 1.807) is 0 Å². The third-order valence-corrected chi connectivity index (χ3v) is 5.12. The Labute approximate surface area is 120 Å². The Hall–Kier alpha value is -0.0800. The Balaban J connectivity index is 2.01. The Bertz CT molecular complexity index is 248. The first kappa shape index (κ1) is 15.3. The summed E-state index contributed by atoms with van der Waals surface area (Å²) in [4.78, 5) is 2.84. The smallest absolute Gasteiger partial charge is 0.0195 e. The van der Waals surface area contributed by atoms with Crippen LogP contribution in [-0.4, -0.2) is 36.6 Å². The maximum atomic E-state index is 3.69. The number of nitrogens with zero attached hydrogens (tertiary/aromatic N) is 1. The molecule has 2 aliphatic rings. The van der Waals surface area contributed by atoms with Crippen LogP contribution in [0.5, 0.6) is 0 Å². The molecule has 2 nitrogen and oxygen atoms in total. The van der Waals surface area contributed by atoms with Gasteiger partial charge >= 0.3 is 0 Å². The van der Waals surface area contributed by atoms with Crippen molar-refractivity contribution in [1.82, 2.24) is 10.2 Å². The molecular formula is C17H34N2. The molecular weight excluding hydrogens is 232 g/mol. The average molecular weight is 266 g/mol. The minimum atomic E-state index is 0.750. The quantitative estimate of drug-likeness (QED) is 0.819. The lowest BCUT2D eigenvalue weighted by Gasteiger charge is -2.44. The van der Waals surface area contributed by atoms with E-state index in [0.717, 1.165) is 29.8 Å². The molecule has 3 atom stereocenters. The zero-order valence-corrected chi connectivity index (χ0v) is 13.5. The number of nitrogens with one attached hydrogen (secondary N) is 1. The Morgan fingerprint density at radius 2 is 1.74 bits per heavy atom. The number of rotatable bonds is 5. The van der Waals surface area contributed by atoms with Gasteiger partial charge in [-0.2, -0.15) is 0 Å². The molecule has 0 spiro atoms. The normalized spacial score (nSPS) is 36.3. The highest BCUT2D eigenvalue weighted by Gasteiger charge is 2.34. The summed E-state index contributed by atoms with van der Waals surface area (Å²) in [6.07, 6.45) is 7.06. The zero-order chi connectivity index (χ0) is 13.8. The van der Waals surface area contributed by atoms with Crippen LogP contribution >= 0.6 is 0 Å². The van der Waals surface area contributed by atoms with Crippen LogP contribution in [0, 0.1) is 17.8 Å². The van der Waals surface area contributed by atoms with Crippen molar-refractivity contribution in [3.63, 3.8) is 0 Å². The molecule has 0 bridgehead atoms. The summed E-state index contributed by atoms with van der Waals surface area (Å²) >= 11 is 0. The molecule has 1 heterocycles. The van der Waals surface area contributed by atoms with Crippen molar-refractivity contribution < 1.29 is 0 Å². The largest absolute Gasteiger partial charge is 0.313 e. The molecule has 0 radical (unpaired) electrons. The lowest BCUT2D eigenvalue weighted by atomic mass is 9.77. The van der Waals surface area contributed by atoms with Crippen LogP contribution in [0.1, 0.15) is 59.8 Å². The molecule has 2 fully saturated rings. The van der Waals surface area contributed by atoms with Gasteiger partial charge in [-0.3, -0.25) is 4.90 Å². The van der Waals surface area contributed by atoms with Crippen LogP contribution in [0.2, 0.25) is 0 Å². The molecule has 2 rings (SSSR count). The van der Waals surface area contributed by atoms with Crippen LogP contribution in [0.3, 0.4) is 0 Å². The molecule has 1 aliphatic heterocycles. The predicted octanol–water partition coefficient (Wildman–Crippen LogP) is 3.52. The monoisotopic (exact) mass is 266 g/mol. The highest BCUT2D eigenvalue weighted by Crippen LogP contribution is 2.33. The molecule has 2 heteroatoms. The Morgan fingerprint density at radius 3 is 2.26 bits per heavy atom. The molecule has 19 heavy (non-hydrogen) atoms. The summed E-state index contributed by atoms with van der Waals surface area (Å²) in [5, 5.41) is 3.69. The first-order chi connectivity index (χ1) is 9.08. The van der Waals surface area contributed by atoms with Gasteiger partial charge in [0.25, 0.3) is 0 Å². The maximum absolute atomic E-state index is 3.69. The van der Waals surface area contributed by atoms with E-state index >= 15 is 0 Å². The zero-order valence-electron chi connectivity index (χ0n) is 13.5. The first-order valence-corrected chi connectivity index (χ1v) is 8.55. The van der Waals surface area contributed by atoms with E-state index < -0.39 is 0 Å². The summed E-state index contributed by atoms with van der Waals surface area (Å²) in [6.45, 7) is 13.5. The van der Waals surface area contributed by atoms with E-state index in [9.17, 15) is 0 Å². The van der Waals surface area contributed by atoms with Crippen molar-refractivity contribution in [2.45, 2.75) is 71.9 Å². The minimum Gasteiger partial charge on any atom is -0.313 e. The van der Waals surface area contributed by atoms with Gasteiger partial charge in [-0.05, 0) is 50.0 Å². The van der Waals surface area contributed by atoms with Crippen LogP contribution in [0.15, 0.2) is 0 Å². The van der Waals surface area contributed by atoms with E-state index in [2.05, 4.69) is 37.9 Å². The molecule has 1 saturated carbocycles. The van der Waals surface area contributed by atoms with Gasteiger partial charge < -0.3 is 5.32 Å². The maximum Gasteiger partial charge on any atom is 0.0195 e. The van der Waals surface area contributed by atoms with Crippen molar-refractivity contribution in [3.8, 4) is 0 Å². The fourth-order valence-electron chi connectivity index (χ4n) is 4.37. The van der Waals surface area contributed by atoms with E-state index in [1.165, 1.54) is 51.7 Å². The summed E-state index contributed by atoms with van der Waals surface area (Å²) in [5.41, 5.74) is 0. The molecule has 0 aromatic carbocycles. The average Bonchev–Trinajstić information content (AvgIpc) is 2.80. The third kappa shape index (κ3) is 4.19. The van der Waals surface area contributed by atoms with Crippen molar-refractivity contribution in [1.29, 1.82) is 0 Å². The summed E-state index contributed by atoms with van der Waals surface area (Å²) in [6, 6.07) is 1.57. The SMILES string of the molecule is CC(C)CN(CC1CCCN1)C1C(C)CCCC1C. The lowest BCUT2D eigenvalue weighted by Crippen LogP contribution is -2.51. The molecule has 0 aromatic heterocycles. The standard InChI is InChI=1S/C17H34N2/c1-13(2)11-19(12-16-9-6-10-18-16)17-14(3)7-5-8-15(17)4/h13-18H,5-12H2,1-4H3. The van der Waals surface area contributed by atoms with Gasteiger partial charge in [0.15, 0.2) is 0 Å². The topological polar surface area (TPSA) is 15.3 Å². The Kier molecular flexibility index (Phi) is 5.70. The summed E-state index contributed by atoms with van der Waals surface area (Å²) in [5.74, 6) is 2.54. The molecule has 112 valence electrons. The second kappa shape index (κ2) is 7.08. The van der Waals surface area contributed by atoms with E-state index in [1.807, 2.05) is 0 Å². The van der Waals surface area contributed by atoms with Gasteiger partial charge in [0.1, 0.15) is 0 Å². The minimum absolute atomic E-state index is 0.750. The molecule has 1 saturated heterocycles. The van der Waals surface area contributed by atoms with Gasteiger partial charge in [-0.15, -0.1) is 0 Å². The molecule has 1 N–H and O–H groups in total. The second-order valence-corrected chi connectivity index (χ2v) is 7.52. The fraction of sp³-hybridized carbons (Fsp3) is 1.00. The van der Waals surface area contributed by atoms with Crippen LogP contribution < -0.4 is 5.32 Å². The van der Waals surface area contributed by atoms with Crippen molar-refractivity contribution in [3.05, 3.63) is 0 Å². The van der Waals surface area contributed by atoms with E-state index in [-0.39, 0.29) is 0 Å². The van der Waals surface area contributed by atoms with Gasteiger partial charge in [0.2, 0.25) is 0 Å². The second-order valence-electron chi connectivity index (χ2n) is 7.52. The molecule has 1 aliphatic carbocycles. The third-order valence-electron chi connectivity index (χ3n) is 5.12. The molecule has 3 unspecified atom stereocenters. The number of hydrogen-bond donors (Lipinski definition) is 1. The van der Waals surface area contributed by atoms with E-state index in [0.29, 0.717) is 0 Å². The summed E-state index contributed by atoms with van der Waals surface area (Å²) < 4.78 is 0. The van der Waals surface area contributed by atoms with Gasteiger partial charge in [-0.25, -0.2) is 0 Å². The number of hydrogen-bond acceptors (Lipinski definition) is 2. The summed E-state index contributed by atoms with van der Waals surface area (Å²) in [7, 11) is 0. The predicted molar refractivity (Wildman–Crippen MR) is 83.4 cm³/mol. The van der Waals surface area contributed by atoms with Gasteiger partial charge in [-0.1, -0.05) is 34.1 Å². The van der Waals surface area contributed by atoms with Crippen LogP contribution in [-0.2, 0) is 0 Å². The highest BCUT2D eigenvalue weighted by atomic mass is 15.2. The molecule has 0 amide bonds. The van der Waals surface area contributed by atoms with Crippen molar-refractivity contribution >= 4 is 0 Å². The van der Waals surface area contributed by atoms with E-state index in [4.69, 9.17) is 0 Å². The van der Waals surface area contributed by atoms with Gasteiger partial charge in [0, 0.05) is 25.2 Å². The fourth-order valence-corrected chi connectivity index (χ4v) is 4.37. The van der Waals surface area contributed by atoms with Crippen molar-refractivity contribution in [2.24, 2.45) is 17.8 Å².